The third kappa shape index (κ3) is 4.35. The Balaban J connectivity index is 1.28. The van der Waals surface area contributed by atoms with Gasteiger partial charge in [0.05, 0.1) is 17.4 Å². The number of rotatable bonds is 4. The van der Waals surface area contributed by atoms with Crippen LogP contribution in [0.5, 0.6) is 0 Å². The fourth-order valence-electron chi connectivity index (χ4n) is 4.19. The number of pyridine rings is 1. The Bertz CT molecular complexity index is 1270. The Morgan fingerprint density at radius 2 is 2.06 bits per heavy atom. The molecule has 10 heteroatoms. The molecule has 0 saturated carbocycles. The average Bonchev–Trinajstić information content (AvgIpc) is 3.18. The molecule has 1 aromatic carbocycles. The summed E-state index contributed by atoms with van der Waals surface area (Å²) in [6.45, 7) is 4.10. The van der Waals surface area contributed by atoms with E-state index in [2.05, 4.69) is 42.9 Å². The van der Waals surface area contributed by atoms with Crippen molar-refractivity contribution in [1.29, 1.82) is 0 Å². The number of likely N-dealkylation sites (tertiary alicyclic amines) is 1. The summed E-state index contributed by atoms with van der Waals surface area (Å²) < 4.78 is 5.10. The number of guanidine groups is 1. The van der Waals surface area contributed by atoms with Crippen LogP contribution in [0.3, 0.4) is 0 Å². The number of aliphatic imine (C=N–C) groups is 1. The van der Waals surface area contributed by atoms with E-state index < -0.39 is 11.4 Å². The Kier molecular flexibility index (Phi) is 5.39. The van der Waals surface area contributed by atoms with Gasteiger partial charge in [-0.05, 0) is 75.3 Å². The van der Waals surface area contributed by atoms with Crippen LogP contribution in [0.4, 0.5) is 11.5 Å². The summed E-state index contributed by atoms with van der Waals surface area (Å²) in [5, 5.41) is 10.0. The minimum atomic E-state index is -1.00. The number of oxazole rings is 1. The Labute approximate surface area is 191 Å². The first kappa shape index (κ1) is 21.2. The molecule has 4 heterocycles. The largest absolute Gasteiger partial charge is 0.417 e. The van der Waals surface area contributed by atoms with E-state index in [1.807, 2.05) is 25.1 Å². The SMILES string of the molecule is CC1=CN=C(Nc2ccc(NC3CCN(C)CC3)nc2)NC1(N)c1ccc2oc(=O)[nH]c2c1. The fraction of sp³-hybridized carbons (Fsp3) is 0.348. The number of aromatic amines is 1. The van der Waals surface area contributed by atoms with Gasteiger partial charge in [-0.2, -0.15) is 0 Å². The monoisotopic (exact) mass is 448 g/mol. The van der Waals surface area contributed by atoms with E-state index in [1.54, 1.807) is 24.5 Å². The molecule has 2 aromatic heterocycles. The van der Waals surface area contributed by atoms with E-state index in [0.717, 1.165) is 48.6 Å². The van der Waals surface area contributed by atoms with Crippen LogP contribution in [-0.4, -0.2) is 47.0 Å². The summed E-state index contributed by atoms with van der Waals surface area (Å²) in [5.41, 5.74) is 9.21. The summed E-state index contributed by atoms with van der Waals surface area (Å²) in [5.74, 6) is 0.865. The van der Waals surface area contributed by atoms with E-state index in [4.69, 9.17) is 10.2 Å². The van der Waals surface area contributed by atoms with Gasteiger partial charge in [-0.15, -0.1) is 0 Å². The molecule has 2 aliphatic heterocycles. The molecule has 5 rings (SSSR count). The molecule has 10 nitrogen and oxygen atoms in total. The van der Waals surface area contributed by atoms with Crippen molar-refractivity contribution in [3.63, 3.8) is 0 Å². The highest BCUT2D eigenvalue weighted by molar-refractivity contribution is 5.95. The molecular formula is C23H28N8O2. The van der Waals surface area contributed by atoms with Crippen molar-refractivity contribution in [2.45, 2.75) is 31.5 Å². The number of benzene rings is 1. The highest BCUT2D eigenvalue weighted by atomic mass is 16.4. The Morgan fingerprint density at radius 3 is 2.82 bits per heavy atom. The maximum atomic E-state index is 11.5. The van der Waals surface area contributed by atoms with Crippen molar-refractivity contribution < 1.29 is 4.42 Å². The van der Waals surface area contributed by atoms with E-state index in [0.29, 0.717) is 23.1 Å². The molecule has 1 saturated heterocycles. The third-order valence-corrected chi connectivity index (χ3v) is 6.30. The number of aromatic nitrogens is 2. The van der Waals surface area contributed by atoms with Gasteiger partial charge in [-0.25, -0.2) is 14.8 Å². The lowest BCUT2D eigenvalue weighted by Crippen LogP contribution is -2.57. The average molecular weight is 449 g/mol. The van der Waals surface area contributed by atoms with E-state index >= 15 is 0 Å². The van der Waals surface area contributed by atoms with Crippen LogP contribution in [0.2, 0.25) is 0 Å². The van der Waals surface area contributed by atoms with Gasteiger partial charge in [0.1, 0.15) is 11.5 Å². The number of fused-ring (bicyclic) bond motifs is 1. The molecule has 1 fully saturated rings. The molecule has 1 unspecified atom stereocenters. The molecule has 172 valence electrons. The van der Waals surface area contributed by atoms with Crippen molar-refractivity contribution in [3.05, 3.63) is 64.4 Å². The van der Waals surface area contributed by atoms with Crippen molar-refractivity contribution in [2.75, 3.05) is 30.8 Å². The van der Waals surface area contributed by atoms with Crippen molar-refractivity contribution in [1.82, 2.24) is 20.2 Å². The Hall–Kier alpha value is -3.63. The zero-order valence-electron chi connectivity index (χ0n) is 18.7. The molecule has 2 aliphatic rings. The van der Waals surface area contributed by atoms with Gasteiger partial charge in [0.15, 0.2) is 5.58 Å². The van der Waals surface area contributed by atoms with Crippen molar-refractivity contribution in [3.8, 4) is 0 Å². The molecule has 0 amide bonds. The zero-order chi connectivity index (χ0) is 23.0. The number of anilines is 2. The summed E-state index contributed by atoms with van der Waals surface area (Å²) in [6, 6.07) is 9.73. The number of piperidine rings is 1. The topological polar surface area (TPSA) is 137 Å². The smallest absolute Gasteiger partial charge is 0.408 e. The summed E-state index contributed by atoms with van der Waals surface area (Å²) in [6.07, 6.45) is 5.72. The first-order valence-corrected chi connectivity index (χ1v) is 11.0. The highest BCUT2D eigenvalue weighted by Crippen LogP contribution is 2.28. The van der Waals surface area contributed by atoms with Crippen molar-refractivity contribution in [2.24, 2.45) is 10.7 Å². The molecule has 33 heavy (non-hydrogen) atoms. The standard InChI is InChI=1S/C23H28N8O2/c1-14-12-26-21(30-23(14,24)15-3-5-19-18(11-15)29-22(32)33-19)28-17-4-6-20(25-13-17)27-16-7-9-31(2)10-8-16/h3-6,11-13,16H,7-10,24H2,1-2H3,(H,25,27)(H,29,32)(H2,26,28,30). The van der Waals surface area contributed by atoms with Gasteiger partial charge in [-0.3, -0.25) is 4.98 Å². The van der Waals surface area contributed by atoms with E-state index in [-0.39, 0.29) is 0 Å². The molecular weight excluding hydrogens is 420 g/mol. The van der Waals surface area contributed by atoms with Crippen LogP contribution in [0.1, 0.15) is 25.3 Å². The predicted octanol–water partition coefficient (Wildman–Crippen LogP) is 2.11. The summed E-state index contributed by atoms with van der Waals surface area (Å²) >= 11 is 0. The second-order valence-electron chi connectivity index (χ2n) is 8.73. The van der Waals surface area contributed by atoms with Gasteiger partial charge in [0.2, 0.25) is 5.96 Å². The molecule has 0 spiro atoms. The first-order chi connectivity index (χ1) is 15.9. The van der Waals surface area contributed by atoms with Crippen LogP contribution < -0.4 is 27.4 Å². The van der Waals surface area contributed by atoms with E-state index in [9.17, 15) is 4.79 Å². The number of H-pyrrole nitrogens is 1. The normalized spacial score (nSPS) is 21.9. The quantitative estimate of drug-likeness (QED) is 0.409. The molecule has 0 radical (unpaired) electrons. The molecule has 0 aliphatic carbocycles. The number of nitrogens with one attached hydrogen (secondary N) is 4. The molecule has 0 bridgehead atoms. The molecule has 6 N–H and O–H groups in total. The van der Waals surface area contributed by atoms with Gasteiger partial charge in [0, 0.05) is 12.2 Å². The Morgan fingerprint density at radius 1 is 1.24 bits per heavy atom. The number of hydrogen-bond donors (Lipinski definition) is 5. The highest BCUT2D eigenvalue weighted by Gasteiger charge is 2.33. The van der Waals surface area contributed by atoms with E-state index in [1.165, 1.54) is 0 Å². The van der Waals surface area contributed by atoms with Gasteiger partial charge in [0.25, 0.3) is 0 Å². The molecule has 1 atom stereocenters. The summed E-state index contributed by atoms with van der Waals surface area (Å²) in [7, 11) is 2.15. The second kappa shape index (κ2) is 8.38. The van der Waals surface area contributed by atoms with Crippen LogP contribution in [-0.2, 0) is 5.66 Å². The fourth-order valence-corrected chi connectivity index (χ4v) is 4.19. The minimum absolute atomic E-state index is 0.449. The van der Waals surface area contributed by atoms with Gasteiger partial charge >= 0.3 is 5.76 Å². The zero-order valence-corrected chi connectivity index (χ0v) is 18.7. The lowest BCUT2D eigenvalue weighted by Gasteiger charge is -2.35. The van der Waals surface area contributed by atoms with Crippen LogP contribution in [0.25, 0.3) is 11.1 Å². The minimum Gasteiger partial charge on any atom is -0.408 e. The van der Waals surface area contributed by atoms with Crippen LogP contribution in [0, 0.1) is 0 Å². The van der Waals surface area contributed by atoms with Gasteiger partial charge < -0.3 is 31.0 Å². The lowest BCUT2D eigenvalue weighted by molar-refractivity contribution is 0.263. The number of nitrogens with two attached hydrogens (primary N) is 1. The van der Waals surface area contributed by atoms with Gasteiger partial charge in [-0.1, -0.05) is 6.07 Å². The number of hydrogen-bond acceptors (Lipinski definition) is 9. The number of nitrogens with zero attached hydrogens (tertiary/aromatic N) is 3. The van der Waals surface area contributed by atoms with Crippen LogP contribution in [0.15, 0.2) is 62.5 Å². The second-order valence-corrected chi connectivity index (χ2v) is 8.73. The van der Waals surface area contributed by atoms with Crippen molar-refractivity contribution >= 4 is 28.6 Å². The third-order valence-electron chi connectivity index (χ3n) is 6.30. The molecule has 3 aromatic rings. The lowest BCUT2D eigenvalue weighted by atomic mass is 9.92. The maximum Gasteiger partial charge on any atom is 0.417 e. The first-order valence-electron chi connectivity index (χ1n) is 11.0. The maximum absolute atomic E-state index is 11.5. The predicted molar refractivity (Wildman–Crippen MR) is 129 cm³/mol. The summed E-state index contributed by atoms with van der Waals surface area (Å²) in [4.78, 5) is 25.5. The van der Waals surface area contributed by atoms with Crippen LogP contribution >= 0.6 is 0 Å².